The lowest BCUT2D eigenvalue weighted by Crippen LogP contribution is -1.89. The number of H-pyrrole nitrogens is 1. The van der Waals surface area contributed by atoms with Crippen LogP contribution in [0.1, 0.15) is 11.1 Å². The van der Waals surface area contributed by atoms with Gasteiger partial charge >= 0.3 is 0 Å². The molecule has 2 rings (SSSR count). The van der Waals surface area contributed by atoms with Gasteiger partial charge in [-0.05, 0) is 30.2 Å². The van der Waals surface area contributed by atoms with Crippen molar-refractivity contribution < 1.29 is 0 Å². The Morgan fingerprint density at radius 2 is 1.85 bits per heavy atom. The molecule has 66 valence electrons. The van der Waals surface area contributed by atoms with Crippen LogP contribution in [0, 0.1) is 13.8 Å². The molecule has 4 heteroatoms. The predicted octanol–water partition coefficient (Wildman–Crippen LogP) is 1.48. The summed E-state index contributed by atoms with van der Waals surface area (Å²) < 4.78 is 0. The number of nitrogens with one attached hydrogen (secondary N) is 1. The van der Waals surface area contributed by atoms with Gasteiger partial charge in [-0.25, -0.2) is 0 Å². The zero-order chi connectivity index (χ0) is 9.26. The molecule has 0 aliphatic heterocycles. The van der Waals surface area contributed by atoms with Crippen LogP contribution in [0.3, 0.4) is 0 Å². The molecule has 0 atom stereocenters. The van der Waals surface area contributed by atoms with Gasteiger partial charge < -0.3 is 0 Å². The van der Waals surface area contributed by atoms with Crippen molar-refractivity contribution in [3.8, 4) is 11.4 Å². The maximum Gasteiger partial charge on any atom is 0.205 e. The molecule has 4 nitrogen and oxygen atoms in total. The fourth-order valence-corrected chi connectivity index (χ4v) is 1.43. The first-order chi connectivity index (χ1) is 6.29. The molecule has 1 heterocycles. The van der Waals surface area contributed by atoms with Gasteiger partial charge in [-0.2, -0.15) is 5.21 Å². The normalized spacial score (nSPS) is 10.3. The Balaban J connectivity index is 2.64. The third-order valence-corrected chi connectivity index (χ3v) is 2.05. The van der Waals surface area contributed by atoms with Crippen molar-refractivity contribution in [2.75, 3.05) is 0 Å². The van der Waals surface area contributed by atoms with Gasteiger partial charge in [-0.15, -0.1) is 10.2 Å². The third kappa shape index (κ3) is 1.30. The highest BCUT2D eigenvalue weighted by atomic mass is 15.5. The van der Waals surface area contributed by atoms with Crippen LogP contribution in [0.5, 0.6) is 0 Å². The second-order valence-corrected chi connectivity index (χ2v) is 3.00. The lowest BCUT2D eigenvalue weighted by molar-refractivity contribution is 0.881. The Kier molecular flexibility index (Phi) is 1.81. The van der Waals surface area contributed by atoms with Crippen molar-refractivity contribution in [1.82, 2.24) is 20.6 Å². The van der Waals surface area contributed by atoms with Crippen LogP contribution in [0.4, 0.5) is 0 Å². The maximum absolute atomic E-state index is 3.96. The van der Waals surface area contributed by atoms with E-state index in [-0.39, 0.29) is 0 Å². The number of benzene rings is 1. The Hall–Kier alpha value is -1.71. The van der Waals surface area contributed by atoms with Crippen LogP contribution >= 0.6 is 0 Å². The summed E-state index contributed by atoms with van der Waals surface area (Å²) in [6.45, 7) is 4.08. The number of aromatic nitrogens is 4. The van der Waals surface area contributed by atoms with Crippen LogP contribution in [-0.4, -0.2) is 20.6 Å². The third-order valence-electron chi connectivity index (χ3n) is 2.05. The lowest BCUT2D eigenvalue weighted by atomic mass is 10.0. The predicted molar refractivity (Wildman–Crippen MR) is 49.1 cm³/mol. The summed E-state index contributed by atoms with van der Waals surface area (Å²) in [7, 11) is 0. The average molecular weight is 174 g/mol. The summed E-state index contributed by atoms with van der Waals surface area (Å²) in [5.74, 6) is 0.663. The highest BCUT2D eigenvalue weighted by Gasteiger charge is 2.08. The van der Waals surface area contributed by atoms with Crippen LogP contribution < -0.4 is 0 Å². The highest BCUT2D eigenvalue weighted by molar-refractivity contribution is 5.63. The van der Waals surface area contributed by atoms with E-state index in [0.29, 0.717) is 5.82 Å². The fourth-order valence-electron chi connectivity index (χ4n) is 1.43. The van der Waals surface area contributed by atoms with E-state index in [9.17, 15) is 0 Å². The second kappa shape index (κ2) is 2.97. The Morgan fingerprint density at radius 3 is 2.38 bits per heavy atom. The SMILES string of the molecule is Cc1cccc(C)c1-c1nn[nH]n1. The molecule has 0 aliphatic rings. The van der Waals surface area contributed by atoms with Crippen molar-refractivity contribution in [2.24, 2.45) is 0 Å². The first-order valence-electron chi connectivity index (χ1n) is 4.09. The molecule has 1 aromatic carbocycles. The molecular weight excluding hydrogens is 164 g/mol. The molecule has 0 saturated carbocycles. The average Bonchev–Trinajstić information content (AvgIpc) is 2.57. The highest BCUT2D eigenvalue weighted by Crippen LogP contribution is 2.22. The van der Waals surface area contributed by atoms with Gasteiger partial charge in [-0.1, -0.05) is 18.2 Å². The number of aromatic amines is 1. The van der Waals surface area contributed by atoms with Crippen molar-refractivity contribution in [3.05, 3.63) is 29.3 Å². The summed E-state index contributed by atoms with van der Waals surface area (Å²) in [4.78, 5) is 0. The molecule has 0 fully saturated rings. The molecule has 2 aromatic rings. The largest absolute Gasteiger partial charge is 0.205 e. The van der Waals surface area contributed by atoms with E-state index in [1.807, 2.05) is 32.0 Å². The Bertz CT molecular complexity index is 385. The fraction of sp³-hybridized carbons (Fsp3) is 0.222. The van der Waals surface area contributed by atoms with Crippen LogP contribution in [0.2, 0.25) is 0 Å². The van der Waals surface area contributed by atoms with Gasteiger partial charge in [0.1, 0.15) is 0 Å². The first-order valence-corrected chi connectivity index (χ1v) is 4.09. The molecule has 0 saturated heterocycles. The van der Waals surface area contributed by atoms with E-state index >= 15 is 0 Å². The van der Waals surface area contributed by atoms with Crippen molar-refractivity contribution in [1.29, 1.82) is 0 Å². The summed E-state index contributed by atoms with van der Waals surface area (Å²) in [5.41, 5.74) is 3.40. The van der Waals surface area contributed by atoms with Crippen LogP contribution in [0.25, 0.3) is 11.4 Å². The minimum Gasteiger partial charge on any atom is -0.177 e. The van der Waals surface area contributed by atoms with Gasteiger partial charge in [0.05, 0.1) is 0 Å². The molecule has 0 unspecified atom stereocenters. The van der Waals surface area contributed by atoms with Crippen molar-refractivity contribution >= 4 is 0 Å². The van der Waals surface area contributed by atoms with E-state index in [2.05, 4.69) is 20.6 Å². The molecule has 1 aromatic heterocycles. The van der Waals surface area contributed by atoms with Gasteiger partial charge in [0, 0.05) is 5.56 Å². The molecular formula is C9H10N4. The Morgan fingerprint density at radius 1 is 1.15 bits per heavy atom. The molecule has 0 spiro atoms. The molecule has 0 amide bonds. The Labute approximate surface area is 76.0 Å². The van der Waals surface area contributed by atoms with E-state index in [1.54, 1.807) is 0 Å². The monoisotopic (exact) mass is 174 g/mol. The quantitative estimate of drug-likeness (QED) is 0.712. The van der Waals surface area contributed by atoms with Gasteiger partial charge in [0.25, 0.3) is 0 Å². The van der Waals surface area contributed by atoms with E-state index in [0.717, 1.165) is 5.56 Å². The minimum atomic E-state index is 0.663. The number of rotatable bonds is 1. The number of nitrogens with zero attached hydrogens (tertiary/aromatic N) is 3. The van der Waals surface area contributed by atoms with E-state index in [1.165, 1.54) is 11.1 Å². The first kappa shape index (κ1) is 7.91. The summed E-state index contributed by atoms with van der Waals surface area (Å²) in [5, 5.41) is 13.9. The molecule has 0 aliphatic carbocycles. The molecule has 0 radical (unpaired) electrons. The summed E-state index contributed by atoms with van der Waals surface area (Å²) in [6.07, 6.45) is 0. The summed E-state index contributed by atoms with van der Waals surface area (Å²) in [6, 6.07) is 6.10. The number of tetrazole rings is 1. The van der Waals surface area contributed by atoms with Gasteiger partial charge in [0.2, 0.25) is 5.82 Å². The number of aryl methyl sites for hydroxylation is 2. The van der Waals surface area contributed by atoms with Crippen LogP contribution in [0.15, 0.2) is 18.2 Å². The van der Waals surface area contributed by atoms with E-state index in [4.69, 9.17) is 0 Å². The number of hydrogen-bond acceptors (Lipinski definition) is 3. The smallest absolute Gasteiger partial charge is 0.177 e. The molecule has 1 N–H and O–H groups in total. The zero-order valence-corrected chi connectivity index (χ0v) is 7.57. The van der Waals surface area contributed by atoms with E-state index < -0.39 is 0 Å². The van der Waals surface area contributed by atoms with Crippen LogP contribution in [-0.2, 0) is 0 Å². The number of hydrogen-bond donors (Lipinski definition) is 1. The summed E-state index contributed by atoms with van der Waals surface area (Å²) >= 11 is 0. The minimum absolute atomic E-state index is 0.663. The maximum atomic E-state index is 3.96. The second-order valence-electron chi connectivity index (χ2n) is 3.00. The zero-order valence-electron chi connectivity index (χ0n) is 7.57. The van der Waals surface area contributed by atoms with Crippen molar-refractivity contribution in [3.63, 3.8) is 0 Å². The molecule has 0 bridgehead atoms. The topological polar surface area (TPSA) is 54.5 Å². The van der Waals surface area contributed by atoms with Crippen molar-refractivity contribution in [2.45, 2.75) is 13.8 Å². The molecule has 13 heavy (non-hydrogen) atoms. The lowest BCUT2D eigenvalue weighted by Gasteiger charge is -2.03. The standard InChI is InChI=1S/C9H10N4/c1-6-4-3-5-7(2)8(6)9-10-12-13-11-9/h3-5H,1-2H3,(H,10,11,12,13). The van der Waals surface area contributed by atoms with Gasteiger partial charge in [0.15, 0.2) is 0 Å². The van der Waals surface area contributed by atoms with Gasteiger partial charge in [-0.3, -0.25) is 0 Å².